The Morgan fingerprint density at radius 3 is 3.00 bits per heavy atom. The number of anilines is 2. The van der Waals surface area contributed by atoms with E-state index in [1.54, 1.807) is 6.08 Å². The van der Waals surface area contributed by atoms with Crippen LogP contribution in [0.3, 0.4) is 0 Å². The summed E-state index contributed by atoms with van der Waals surface area (Å²) in [6.45, 7) is 5.28. The van der Waals surface area contributed by atoms with E-state index in [-0.39, 0.29) is 24.2 Å². The van der Waals surface area contributed by atoms with Crippen molar-refractivity contribution in [3.63, 3.8) is 0 Å². The van der Waals surface area contributed by atoms with Crippen LogP contribution in [-0.2, 0) is 4.79 Å². The molecule has 1 aromatic carbocycles. The number of nitro groups is 1. The van der Waals surface area contributed by atoms with Gasteiger partial charge in [-0.15, -0.1) is 6.58 Å². The van der Waals surface area contributed by atoms with Gasteiger partial charge in [-0.3, -0.25) is 14.9 Å². The fourth-order valence-corrected chi connectivity index (χ4v) is 1.69. The van der Waals surface area contributed by atoms with Crippen molar-refractivity contribution in [2.45, 2.75) is 13.0 Å². The Hall–Kier alpha value is -2.57. The van der Waals surface area contributed by atoms with Crippen molar-refractivity contribution in [3.05, 3.63) is 34.9 Å². The minimum atomic E-state index is -0.502. The third kappa shape index (κ3) is 2.65. The van der Waals surface area contributed by atoms with Crippen LogP contribution >= 0.6 is 0 Å². The zero-order chi connectivity index (χ0) is 14.0. The fourth-order valence-electron chi connectivity index (χ4n) is 1.69. The number of amides is 1. The maximum atomic E-state index is 11.2. The van der Waals surface area contributed by atoms with E-state index in [9.17, 15) is 14.9 Å². The molecule has 0 saturated heterocycles. The molecule has 0 fully saturated rings. The number of ether oxygens (including phenoxy) is 1. The summed E-state index contributed by atoms with van der Waals surface area (Å²) >= 11 is 0. The van der Waals surface area contributed by atoms with Crippen molar-refractivity contribution in [2.75, 3.05) is 17.2 Å². The highest BCUT2D eigenvalue weighted by molar-refractivity contribution is 5.96. The molecular formula is C12H13N3O4. The van der Waals surface area contributed by atoms with Gasteiger partial charge < -0.3 is 15.4 Å². The summed E-state index contributed by atoms with van der Waals surface area (Å²) in [5, 5.41) is 16.6. The van der Waals surface area contributed by atoms with Gasteiger partial charge in [0, 0.05) is 6.04 Å². The van der Waals surface area contributed by atoms with E-state index < -0.39 is 4.92 Å². The van der Waals surface area contributed by atoms with Crippen molar-refractivity contribution in [1.82, 2.24) is 0 Å². The number of nitrogens with one attached hydrogen (secondary N) is 2. The molecule has 7 nitrogen and oxygen atoms in total. The fraction of sp³-hybridized carbons (Fsp3) is 0.250. The molecule has 1 aliphatic rings. The predicted octanol–water partition coefficient (Wildman–Crippen LogP) is 1.91. The number of fused-ring (bicyclic) bond motifs is 1. The molecule has 2 N–H and O–H groups in total. The van der Waals surface area contributed by atoms with Crippen LogP contribution in [0.25, 0.3) is 0 Å². The first-order valence-corrected chi connectivity index (χ1v) is 5.65. The lowest BCUT2D eigenvalue weighted by Gasteiger charge is -2.20. The molecule has 0 aromatic heterocycles. The number of benzene rings is 1. The largest absolute Gasteiger partial charge is 0.481 e. The molecule has 1 unspecified atom stereocenters. The summed E-state index contributed by atoms with van der Waals surface area (Å²) in [6, 6.07) is 2.65. The van der Waals surface area contributed by atoms with Crippen LogP contribution in [-0.4, -0.2) is 23.5 Å². The molecule has 19 heavy (non-hydrogen) atoms. The molecule has 1 atom stereocenters. The van der Waals surface area contributed by atoms with E-state index in [1.807, 2.05) is 6.92 Å². The summed E-state index contributed by atoms with van der Waals surface area (Å²) in [5.74, 6) is 0.00665. The van der Waals surface area contributed by atoms with Crippen LogP contribution in [0.4, 0.5) is 17.1 Å². The topological polar surface area (TPSA) is 93.5 Å². The van der Waals surface area contributed by atoms with Crippen molar-refractivity contribution in [3.8, 4) is 5.75 Å². The summed E-state index contributed by atoms with van der Waals surface area (Å²) in [6.07, 6.45) is 1.62. The third-order valence-electron chi connectivity index (χ3n) is 2.66. The smallest absolute Gasteiger partial charge is 0.296 e. The Morgan fingerprint density at radius 1 is 1.63 bits per heavy atom. The number of nitrogens with zero attached hydrogens (tertiary/aromatic N) is 1. The monoisotopic (exact) mass is 263 g/mol. The van der Waals surface area contributed by atoms with Gasteiger partial charge >= 0.3 is 0 Å². The lowest BCUT2D eigenvalue weighted by molar-refractivity contribution is -0.384. The molecule has 100 valence electrons. The normalized spacial score (nSPS) is 14.7. The Morgan fingerprint density at radius 2 is 2.37 bits per heavy atom. The van der Waals surface area contributed by atoms with E-state index in [1.165, 1.54) is 12.1 Å². The molecule has 1 aliphatic heterocycles. The Kier molecular flexibility index (Phi) is 3.37. The van der Waals surface area contributed by atoms with E-state index in [0.29, 0.717) is 17.1 Å². The zero-order valence-electron chi connectivity index (χ0n) is 10.3. The van der Waals surface area contributed by atoms with Gasteiger partial charge in [-0.2, -0.15) is 0 Å². The first-order chi connectivity index (χ1) is 9.01. The molecule has 7 heteroatoms. The van der Waals surface area contributed by atoms with Crippen LogP contribution < -0.4 is 15.4 Å². The van der Waals surface area contributed by atoms with Gasteiger partial charge in [0.15, 0.2) is 12.4 Å². The molecule has 0 saturated carbocycles. The van der Waals surface area contributed by atoms with Gasteiger partial charge in [-0.05, 0) is 13.0 Å². The van der Waals surface area contributed by atoms with Crippen molar-refractivity contribution in [2.24, 2.45) is 0 Å². The maximum Gasteiger partial charge on any atom is 0.296 e. The van der Waals surface area contributed by atoms with Crippen molar-refractivity contribution >= 4 is 23.0 Å². The van der Waals surface area contributed by atoms with Crippen LogP contribution in [0.2, 0.25) is 0 Å². The average Bonchev–Trinajstić information content (AvgIpc) is 2.37. The predicted molar refractivity (Wildman–Crippen MR) is 70.5 cm³/mol. The maximum absolute atomic E-state index is 11.2. The van der Waals surface area contributed by atoms with Gasteiger partial charge in [-0.25, -0.2) is 0 Å². The highest BCUT2D eigenvalue weighted by Crippen LogP contribution is 2.38. The Labute approximate surface area is 109 Å². The first kappa shape index (κ1) is 12.9. The molecule has 0 aliphatic carbocycles. The standard InChI is InChI=1S/C12H13N3O4/c1-3-7(2)13-8-4-9-11(5-10(8)15(17)18)19-6-12(16)14-9/h3-5,7,13H,1,6H2,2H3,(H,14,16). The summed E-state index contributed by atoms with van der Waals surface area (Å²) in [7, 11) is 0. The molecule has 1 aromatic rings. The molecule has 0 radical (unpaired) electrons. The SMILES string of the molecule is C=CC(C)Nc1cc2c(cc1[N+](=O)[O-])OCC(=O)N2. The second kappa shape index (κ2) is 4.97. The first-order valence-electron chi connectivity index (χ1n) is 5.65. The summed E-state index contributed by atoms with van der Waals surface area (Å²) < 4.78 is 5.15. The highest BCUT2D eigenvalue weighted by atomic mass is 16.6. The third-order valence-corrected chi connectivity index (χ3v) is 2.66. The van der Waals surface area contributed by atoms with Gasteiger partial charge in [-0.1, -0.05) is 6.08 Å². The Bertz CT molecular complexity index is 556. The molecule has 0 spiro atoms. The summed E-state index contributed by atoms with van der Waals surface area (Å²) in [5.41, 5.74) is 0.617. The number of rotatable bonds is 4. The van der Waals surface area contributed by atoms with Crippen molar-refractivity contribution < 1.29 is 14.5 Å². The van der Waals surface area contributed by atoms with Crippen LogP contribution in [0, 0.1) is 10.1 Å². The Balaban J connectivity index is 2.44. The lowest BCUT2D eigenvalue weighted by Crippen LogP contribution is -2.25. The number of hydrogen-bond donors (Lipinski definition) is 2. The quantitative estimate of drug-likeness (QED) is 0.491. The summed E-state index contributed by atoms with van der Waals surface area (Å²) in [4.78, 5) is 21.8. The van der Waals surface area contributed by atoms with Gasteiger partial charge in [0.2, 0.25) is 0 Å². The van der Waals surface area contributed by atoms with E-state index >= 15 is 0 Å². The van der Waals surface area contributed by atoms with Gasteiger partial charge in [0.05, 0.1) is 16.7 Å². The van der Waals surface area contributed by atoms with E-state index in [2.05, 4.69) is 17.2 Å². The second-order valence-corrected chi connectivity index (χ2v) is 4.13. The number of nitro benzene ring substituents is 1. The van der Waals surface area contributed by atoms with Crippen LogP contribution in [0.1, 0.15) is 6.92 Å². The second-order valence-electron chi connectivity index (χ2n) is 4.13. The molecular weight excluding hydrogens is 250 g/mol. The van der Waals surface area contributed by atoms with E-state index in [0.717, 1.165) is 0 Å². The minimum Gasteiger partial charge on any atom is -0.481 e. The van der Waals surface area contributed by atoms with Gasteiger partial charge in [0.1, 0.15) is 5.69 Å². The number of carbonyl (C=O) groups is 1. The molecule has 0 bridgehead atoms. The highest BCUT2D eigenvalue weighted by Gasteiger charge is 2.23. The molecule has 1 amide bonds. The number of carbonyl (C=O) groups excluding carboxylic acids is 1. The number of hydrogen-bond acceptors (Lipinski definition) is 5. The zero-order valence-corrected chi connectivity index (χ0v) is 10.3. The lowest BCUT2D eigenvalue weighted by atomic mass is 10.2. The van der Waals surface area contributed by atoms with Crippen molar-refractivity contribution in [1.29, 1.82) is 0 Å². The van der Waals surface area contributed by atoms with Crippen LogP contribution in [0.15, 0.2) is 24.8 Å². The molecule has 1 heterocycles. The van der Waals surface area contributed by atoms with Gasteiger partial charge in [0.25, 0.3) is 11.6 Å². The van der Waals surface area contributed by atoms with E-state index in [4.69, 9.17) is 4.74 Å². The average molecular weight is 263 g/mol. The minimum absolute atomic E-state index is 0.108. The van der Waals surface area contributed by atoms with Crippen LogP contribution in [0.5, 0.6) is 5.75 Å². The molecule has 2 rings (SSSR count).